The molecule has 0 saturated carbocycles. The highest BCUT2D eigenvalue weighted by Crippen LogP contribution is 2.12. The molecule has 0 heterocycles. The number of benzene rings is 1. The molecule has 0 spiro atoms. The number of nitrogens with one attached hydrogen (secondary N) is 1. The van der Waals surface area contributed by atoms with Crippen LogP contribution in [0.5, 0.6) is 0 Å². The van der Waals surface area contributed by atoms with E-state index in [9.17, 15) is 4.79 Å². The van der Waals surface area contributed by atoms with Crippen molar-refractivity contribution in [3.63, 3.8) is 0 Å². The average molecular weight is 286 g/mol. The maximum atomic E-state index is 11.3. The van der Waals surface area contributed by atoms with Crippen LogP contribution in [0.1, 0.15) is 19.4 Å². The van der Waals surface area contributed by atoms with Crippen molar-refractivity contribution in [3.8, 4) is 0 Å². The molecule has 88 valence electrons. The van der Waals surface area contributed by atoms with E-state index in [4.69, 9.17) is 4.74 Å². The van der Waals surface area contributed by atoms with Crippen molar-refractivity contribution in [2.24, 2.45) is 0 Å². The number of carbonyl (C=O) groups is 1. The van der Waals surface area contributed by atoms with Crippen molar-refractivity contribution in [1.29, 1.82) is 0 Å². The molecule has 0 aliphatic carbocycles. The molecule has 1 N–H and O–H groups in total. The Bertz CT molecular complexity index is 353. The molecule has 0 fully saturated rings. The lowest BCUT2D eigenvalue weighted by molar-refractivity contribution is -0.143. The first-order chi connectivity index (χ1) is 7.58. The Hall–Kier alpha value is -0.870. The number of halogens is 1. The minimum Gasteiger partial charge on any atom is -0.460 e. The molecule has 0 amide bonds. The molecule has 0 aliphatic heterocycles. The largest absolute Gasteiger partial charge is 0.460 e. The first-order valence-electron chi connectivity index (χ1n) is 5.21. The summed E-state index contributed by atoms with van der Waals surface area (Å²) in [5.74, 6) is -0.228. The van der Waals surface area contributed by atoms with Crippen molar-refractivity contribution in [2.75, 3.05) is 6.54 Å². The zero-order valence-corrected chi connectivity index (χ0v) is 11.1. The van der Waals surface area contributed by atoms with Gasteiger partial charge in [-0.05, 0) is 17.7 Å². The van der Waals surface area contributed by atoms with E-state index >= 15 is 0 Å². The fourth-order valence-corrected chi connectivity index (χ4v) is 1.58. The van der Waals surface area contributed by atoms with Gasteiger partial charge in [0.15, 0.2) is 0 Å². The number of hydrogen-bond acceptors (Lipinski definition) is 3. The van der Waals surface area contributed by atoms with Gasteiger partial charge >= 0.3 is 5.97 Å². The minimum absolute atomic E-state index is 0.228. The number of esters is 1. The summed E-state index contributed by atoms with van der Waals surface area (Å²) in [5, 5.41) is 3.01. The Morgan fingerprint density at radius 3 is 2.88 bits per heavy atom. The zero-order valence-electron chi connectivity index (χ0n) is 9.50. The van der Waals surface area contributed by atoms with Crippen molar-refractivity contribution in [1.82, 2.24) is 5.32 Å². The summed E-state index contributed by atoms with van der Waals surface area (Å²) >= 11 is 3.37. The zero-order chi connectivity index (χ0) is 12.0. The lowest BCUT2D eigenvalue weighted by atomic mass is 10.2. The van der Waals surface area contributed by atoms with Gasteiger partial charge in [0.25, 0.3) is 0 Å². The topological polar surface area (TPSA) is 38.3 Å². The van der Waals surface area contributed by atoms with Crippen LogP contribution in [-0.4, -0.2) is 18.6 Å². The summed E-state index contributed by atoms with van der Waals surface area (Å²) in [6.45, 7) is 4.55. The summed E-state index contributed by atoms with van der Waals surface area (Å²) in [6, 6.07) is 8.00. The maximum Gasteiger partial charge on any atom is 0.320 e. The summed E-state index contributed by atoms with van der Waals surface area (Å²) in [7, 11) is 0. The number of ether oxygens (including phenoxy) is 1. The summed E-state index contributed by atoms with van der Waals surface area (Å²) in [5.41, 5.74) is 0.979. The Balaban J connectivity index is 2.31. The molecule has 0 bridgehead atoms. The Kier molecular flexibility index (Phi) is 5.49. The van der Waals surface area contributed by atoms with Gasteiger partial charge in [-0.1, -0.05) is 41.9 Å². The Morgan fingerprint density at radius 1 is 1.50 bits per heavy atom. The van der Waals surface area contributed by atoms with Crippen LogP contribution in [0, 0.1) is 0 Å². The van der Waals surface area contributed by atoms with Crippen LogP contribution in [0.25, 0.3) is 0 Å². The molecule has 0 aromatic heterocycles. The highest BCUT2D eigenvalue weighted by atomic mass is 79.9. The minimum atomic E-state index is -0.228. The van der Waals surface area contributed by atoms with Gasteiger partial charge in [-0.2, -0.15) is 0 Å². The SMILES string of the molecule is CC(C)NCC(=O)OCc1cccc(Br)c1. The monoisotopic (exact) mass is 285 g/mol. The van der Waals surface area contributed by atoms with E-state index in [2.05, 4.69) is 21.2 Å². The third-order valence-corrected chi connectivity index (χ3v) is 2.44. The normalized spacial score (nSPS) is 10.5. The number of carbonyl (C=O) groups excluding carboxylic acids is 1. The van der Waals surface area contributed by atoms with E-state index in [0.717, 1.165) is 10.0 Å². The summed E-state index contributed by atoms with van der Waals surface area (Å²) < 4.78 is 6.10. The number of hydrogen-bond donors (Lipinski definition) is 1. The van der Waals surface area contributed by atoms with Gasteiger partial charge in [0.2, 0.25) is 0 Å². The van der Waals surface area contributed by atoms with Crippen LogP contribution < -0.4 is 5.32 Å². The van der Waals surface area contributed by atoms with Crippen LogP contribution in [0.3, 0.4) is 0 Å². The standard InChI is InChI=1S/C12H16BrNO2/c1-9(2)14-7-12(15)16-8-10-4-3-5-11(13)6-10/h3-6,9,14H,7-8H2,1-2H3. The van der Waals surface area contributed by atoms with Crippen LogP contribution in [0.15, 0.2) is 28.7 Å². The predicted molar refractivity (Wildman–Crippen MR) is 67.1 cm³/mol. The number of rotatable bonds is 5. The van der Waals surface area contributed by atoms with Gasteiger partial charge in [0, 0.05) is 10.5 Å². The molecule has 0 saturated heterocycles. The molecule has 0 radical (unpaired) electrons. The van der Waals surface area contributed by atoms with Gasteiger partial charge < -0.3 is 10.1 Å². The summed E-state index contributed by atoms with van der Waals surface area (Å²) in [6.07, 6.45) is 0. The highest BCUT2D eigenvalue weighted by Gasteiger charge is 2.04. The molecule has 4 heteroatoms. The second-order valence-electron chi connectivity index (χ2n) is 3.83. The average Bonchev–Trinajstić information content (AvgIpc) is 2.23. The van der Waals surface area contributed by atoms with E-state index in [0.29, 0.717) is 12.6 Å². The van der Waals surface area contributed by atoms with E-state index in [1.54, 1.807) is 0 Å². The van der Waals surface area contributed by atoms with Crippen LogP contribution in [0.4, 0.5) is 0 Å². The van der Waals surface area contributed by atoms with Gasteiger partial charge in [-0.15, -0.1) is 0 Å². The lowest BCUT2D eigenvalue weighted by Crippen LogP contribution is -2.30. The van der Waals surface area contributed by atoms with E-state index in [-0.39, 0.29) is 12.5 Å². The van der Waals surface area contributed by atoms with Crippen molar-refractivity contribution in [2.45, 2.75) is 26.5 Å². The van der Waals surface area contributed by atoms with Crippen molar-refractivity contribution >= 4 is 21.9 Å². The molecule has 0 aliphatic rings. The molecule has 1 rings (SSSR count). The van der Waals surface area contributed by atoms with E-state index in [1.807, 2.05) is 38.1 Å². The fraction of sp³-hybridized carbons (Fsp3) is 0.417. The van der Waals surface area contributed by atoms with Gasteiger partial charge in [0.1, 0.15) is 6.61 Å². The molecule has 1 aromatic carbocycles. The predicted octanol–water partition coefficient (Wildman–Crippen LogP) is 2.49. The first kappa shape index (κ1) is 13.2. The highest BCUT2D eigenvalue weighted by molar-refractivity contribution is 9.10. The molecule has 0 unspecified atom stereocenters. The van der Waals surface area contributed by atoms with Gasteiger partial charge in [-0.3, -0.25) is 4.79 Å². The van der Waals surface area contributed by atoms with Crippen LogP contribution in [-0.2, 0) is 16.1 Å². The molecule has 16 heavy (non-hydrogen) atoms. The van der Waals surface area contributed by atoms with Crippen molar-refractivity contribution < 1.29 is 9.53 Å². The Labute approximate surface area is 104 Å². The quantitative estimate of drug-likeness (QED) is 0.845. The second-order valence-corrected chi connectivity index (χ2v) is 4.74. The molecule has 1 aromatic rings. The second kappa shape index (κ2) is 6.66. The fourth-order valence-electron chi connectivity index (χ4n) is 1.13. The molecular formula is C12H16BrNO2. The molecular weight excluding hydrogens is 270 g/mol. The van der Waals surface area contributed by atoms with Crippen LogP contribution >= 0.6 is 15.9 Å². The van der Waals surface area contributed by atoms with E-state index < -0.39 is 0 Å². The molecule has 0 atom stereocenters. The van der Waals surface area contributed by atoms with Crippen LogP contribution in [0.2, 0.25) is 0 Å². The third kappa shape index (κ3) is 5.28. The smallest absolute Gasteiger partial charge is 0.320 e. The maximum absolute atomic E-state index is 11.3. The summed E-state index contributed by atoms with van der Waals surface area (Å²) in [4.78, 5) is 11.3. The van der Waals surface area contributed by atoms with E-state index in [1.165, 1.54) is 0 Å². The first-order valence-corrected chi connectivity index (χ1v) is 6.00. The lowest BCUT2D eigenvalue weighted by Gasteiger charge is -2.08. The van der Waals surface area contributed by atoms with Crippen molar-refractivity contribution in [3.05, 3.63) is 34.3 Å². The van der Waals surface area contributed by atoms with Gasteiger partial charge in [-0.25, -0.2) is 0 Å². The third-order valence-electron chi connectivity index (χ3n) is 1.94. The Morgan fingerprint density at radius 2 is 2.25 bits per heavy atom. The molecule has 3 nitrogen and oxygen atoms in total. The van der Waals surface area contributed by atoms with Gasteiger partial charge in [0.05, 0.1) is 6.54 Å².